The van der Waals surface area contributed by atoms with Gasteiger partial charge in [-0.15, -0.1) is 0 Å². The number of carbonyl (C=O) groups excluding carboxylic acids is 1. The van der Waals surface area contributed by atoms with Gasteiger partial charge in [0.25, 0.3) is 5.56 Å². The van der Waals surface area contributed by atoms with Gasteiger partial charge < -0.3 is 14.1 Å². The molecule has 0 radical (unpaired) electrons. The molecule has 2 aliphatic rings. The summed E-state index contributed by atoms with van der Waals surface area (Å²) in [7, 11) is -0.933. The summed E-state index contributed by atoms with van der Waals surface area (Å²) in [5.74, 6) is 0. The maximum atomic E-state index is 11.9. The van der Waals surface area contributed by atoms with E-state index in [0.29, 0.717) is 18.3 Å². The Labute approximate surface area is 156 Å². The maximum absolute atomic E-state index is 11.9. The van der Waals surface area contributed by atoms with E-state index in [1.807, 2.05) is 0 Å². The molecular formula is C16H24N3O5PS. The number of rotatable bonds is 9. The van der Waals surface area contributed by atoms with E-state index in [2.05, 4.69) is 10.1 Å². The largest absolute Gasteiger partial charge is 0.352 e. The molecule has 144 valence electrons. The Morgan fingerprint density at radius 1 is 1.35 bits per heavy atom. The Kier molecular flexibility index (Phi) is 7.45. The number of nitrogens with zero attached hydrogens (tertiary/aromatic N) is 1. The smallest absolute Gasteiger partial charge is 0.330 e. The third kappa shape index (κ3) is 5.50. The number of carbonyl (C=O) groups is 1. The van der Waals surface area contributed by atoms with Crippen molar-refractivity contribution >= 4 is 25.2 Å². The second-order valence-corrected chi connectivity index (χ2v) is 9.99. The van der Waals surface area contributed by atoms with Gasteiger partial charge in [0.05, 0.1) is 19.3 Å². The molecule has 10 heteroatoms. The highest BCUT2D eigenvalue weighted by Crippen LogP contribution is 2.53. The number of aromatic amines is 1. The summed E-state index contributed by atoms with van der Waals surface area (Å²) >= 11 is 1.80. The molecule has 2 heterocycles. The monoisotopic (exact) mass is 401 g/mol. The minimum atomic E-state index is -0.933. The highest BCUT2D eigenvalue weighted by molar-refractivity contribution is 8.54. The standard InChI is InChI=1S/C16H24N3O5PS/c20-10-8-17-25(26-13-3-1-2-4-13)23-11-12-5-6-15(24-12)19-9-7-14(21)18-16(19)22/h7,9-10,12-13,15,17H,1-6,8,11H2,(H,18,21,22)/t12?,15?,25-/m1/s1. The van der Waals surface area contributed by atoms with Crippen molar-refractivity contribution in [3.8, 4) is 0 Å². The molecule has 8 nitrogen and oxygen atoms in total. The first kappa shape index (κ1) is 19.8. The average molecular weight is 401 g/mol. The summed E-state index contributed by atoms with van der Waals surface area (Å²) < 4.78 is 13.3. The van der Waals surface area contributed by atoms with Gasteiger partial charge in [-0.2, -0.15) is 0 Å². The quantitative estimate of drug-likeness (QED) is 0.481. The van der Waals surface area contributed by atoms with Gasteiger partial charge in [0.15, 0.2) is 7.50 Å². The molecule has 0 amide bonds. The van der Waals surface area contributed by atoms with Gasteiger partial charge in [0, 0.05) is 17.5 Å². The topological polar surface area (TPSA) is 102 Å². The zero-order valence-electron chi connectivity index (χ0n) is 14.5. The van der Waals surface area contributed by atoms with Crippen LogP contribution >= 0.6 is 18.9 Å². The van der Waals surface area contributed by atoms with Crippen LogP contribution in [0.5, 0.6) is 0 Å². The van der Waals surface area contributed by atoms with Gasteiger partial charge >= 0.3 is 5.69 Å². The third-order valence-corrected chi connectivity index (χ3v) is 8.43. The van der Waals surface area contributed by atoms with Crippen LogP contribution in [0.3, 0.4) is 0 Å². The maximum Gasteiger partial charge on any atom is 0.330 e. The zero-order valence-corrected chi connectivity index (χ0v) is 16.2. The second kappa shape index (κ2) is 9.80. The normalized spacial score (nSPS) is 24.8. The van der Waals surface area contributed by atoms with E-state index in [4.69, 9.17) is 9.26 Å². The highest BCUT2D eigenvalue weighted by atomic mass is 32.7. The highest BCUT2D eigenvalue weighted by Gasteiger charge is 2.29. The Morgan fingerprint density at radius 3 is 2.88 bits per heavy atom. The minimum absolute atomic E-state index is 0.106. The van der Waals surface area contributed by atoms with Crippen LogP contribution in [0.4, 0.5) is 0 Å². The lowest BCUT2D eigenvalue weighted by Crippen LogP contribution is -2.31. The van der Waals surface area contributed by atoms with Crippen LogP contribution < -0.4 is 16.3 Å². The molecular weight excluding hydrogens is 377 g/mol. The van der Waals surface area contributed by atoms with Crippen LogP contribution in [-0.2, 0) is 14.1 Å². The molecule has 0 spiro atoms. The second-order valence-electron chi connectivity index (χ2n) is 6.40. The van der Waals surface area contributed by atoms with Crippen molar-refractivity contribution in [1.29, 1.82) is 0 Å². The van der Waals surface area contributed by atoms with Crippen molar-refractivity contribution in [2.75, 3.05) is 13.2 Å². The Balaban J connectivity index is 1.50. The molecule has 3 atom stereocenters. The molecule has 2 fully saturated rings. The zero-order chi connectivity index (χ0) is 18.4. The summed E-state index contributed by atoms with van der Waals surface area (Å²) in [6.45, 7) is 0.707. The van der Waals surface area contributed by atoms with E-state index in [1.54, 1.807) is 11.4 Å². The predicted octanol–water partition coefficient (Wildman–Crippen LogP) is 1.92. The van der Waals surface area contributed by atoms with Crippen LogP contribution in [0.2, 0.25) is 0 Å². The van der Waals surface area contributed by atoms with Crippen LogP contribution in [0, 0.1) is 0 Å². The van der Waals surface area contributed by atoms with Crippen LogP contribution in [0.1, 0.15) is 44.8 Å². The first-order chi connectivity index (χ1) is 12.7. The summed E-state index contributed by atoms with van der Waals surface area (Å²) in [4.78, 5) is 35.9. The summed E-state index contributed by atoms with van der Waals surface area (Å²) in [5, 5.41) is 3.76. The lowest BCUT2D eigenvalue weighted by atomic mass is 10.2. The number of hydrogen-bond donors (Lipinski definition) is 2. The van der Waals surface area contributed by atoms with E-state index < -0.39 is 18.8 Å². The summed E-state index contributed by atoms with van der Waals surface area (Å²) in [6, 6.07) is 1.31. The number of nitrogens with one attached hydrogen (secondary N) is 2. The summed E-state index contributed by atoms with van der Waals surface area (Å²) in [5.41, 5.74) is -0.879. The molecule has 1 aliphatic carbocycles. The fourth-order valence-electron chi connectivity index (χ4n) is 3.17. The van der Waals surface area contributed by atoms with Gasteiger partial charge in [0.2, 0.25) is 0 Å². The number of H-pyrrole nitrogens is 1. The molecule has 26 heavy (non-hydrogen) atoms. The molecule has 0 aromatic carbocycles. The molecule has 1 aromatic rings. The Hall–Kier alpha value is -0.990. The van der Waals surface area contributed by atoms with Gasteiger partial charge in [-0.05, 0) is 25.7 Å². The van der Waals surface area contributed by atoms with Crippen molar-refractivity contribution < 1.29 is 14.1 Å². The fourth-order valence-corrected chi connectivity index (χ4v) is 7.00. The Bertz CT molecular complexity index is 706. The summed E-state index contributed by atoms with van der Waals surface area (Å²) in [6.07, 6.45) is 8.21. The number of ether oxygens (including phenoxy) is 1. The average Bonchev–Trinajstić information content (AvgIpc) is 3.29. The SMILES string of the molecule is O=CCN[P@](OCC1CCC(n2ccc(=O)[nH]c2=O)O1)SC1CCCC1. The molecule has 1 saturated heterocycles. The molecule has 1 aromatic heterocycles. The van der Waals surface area contributed by atoms with Gasteiger partial charge in [-0.25, -0.2) is 4.79 Å². The van der Waals surface area contributed by atoms with Gasteiger partial charge in [-0.1, -0.05) is 24.2 Å². The van der Waals surface area contributed by atoms with Crippen LogP contribution in [0.15, 0.2) is 21.9 Å². The molecule has 3 rings (SSSR count). The first-order valence-electron chi connectivity index (χ1n) is 8.89. The Morgan fingerprint density at radius 2 is 2.15 bits per heavy atom. The van der Waals surface area contributed by atoms with E-state index in [0.717, 1.165) is 12.7 Å². The van der Waals surface area contributed by atoms with E-state index in [9.17, 15) is 14.4 Å². The van der Waals surface area contributed by atoms with Crippen LogP contribution in [0.25, 0.3) is 0 Å². The van der Waals surface area contributed by atoms with Crippen molar-refractivity contribution in [3.05, 3.63) is 33.1 Å². The van der Waals surface area contributed by atoms with Crippen molar-refractivity contribution in [2.24, 2.45) is 0 Å². The number of aromatic nitrogens is 2. The van der Waals surface area contributed by atoms with E-state index >= 15 is 0 Å². The van der Waals surface area contributed by atoms with Gasteiger partial charge in [0.1, 0.15) is 12.5 Å². The van der Waals surface area contributed by atoms with E-state index in [1.165, 1.54) is 42.5 Å². The van der Waals surface area contributed by atoms with Crippen molar-refractivity contribution in [2.45, 2.75) is 56.1 Å². The third-order valence-electron chi connectivity index (χ3n) is 4.47. The number of aldehydes is 1. The minimum Gasteiger partial charge on any atom is -0.352 e. The molecule has 1 saturated carbocycles. The first-order valence-corrected chi connectivity index (χ1v) is 11.6. The van der Waals surface area contributed by atoms with Crippen molar-refractivity contribution in [1.82, 2.24) is 14.6 Å². The predicted molar refractivity (Wildman–Crippen MR) is 101 cm³/mol. The lowest BCUT2D eigenvalue weighted by molar-refractivity contribution is -0.106. The van der Waals surface area contributed by atoms with E-state index in [-0.39, 0.29) is 18.9 Å². The number of hydrogen-bond acceptors (Lipinski definition) is 7. The van der Waals surface area contributed by atoms with Crippen molar-refractivity contribution in [3.63, 3.8) is 0 Å². The molecule has 1 aliphatic heterocycles. The van der Waals surface area contributed by atoms with Gasteiger partial charge in [-0.3, -0.25) is 19.4 Å². The fraction of sp³-hybridized carbons (Fsp3) is 0.688. The molecule has 2 unspecified atom stereocenters. The lowest BCUT2D eigenvalue weighted by Gasteiger charge is -2.22. The van der Waals surface area contributed by atoms with Crippen LogP contribution in [-0.4, -0.2) is 40.3 Å². The molecule has 2 N–H and O–H groups in total. The molecule has 0 bridgehead atoms.